The maximum Gasteiger partial charge on any atom is 0.0535 e. The van der Waals surface area contributed by atoms with Crippen molar-refractivity contribution in [2.24, 2.45) is 35.5 Å². The number of aliphatic hydroxyl groups excluding tert-OH is 1. The molecule has 0 fully saturated rings. The van der Waals surface area contributed by atoms with Gasteiger partial charge in [-0.1, -0.05) is 117 Å². The minimum absolute atomic E-state index is 0.148. The molecule has 27 heavy (non-hydrogen) atoms. The lowest BCUT2D eigenvalue weighted by Crippen LogP contribution is -2.07. The normalized spacial score (nSPS) is 10.4. The van der Waals surface area contributed by atoms with Crippen LogP contribution in [-0.4, -0.2) is 11.2 Å². The van der Waals surface area contributed by atoms with E-state index in [0.717, 1.165) is 23.7 Å². The first-order chi connectivity index (χ1) is 11.8. The van der Waals surface area contributed by atoms with E-state index in [4.69, 9.17) is 5.11 Å². The van der Waals surface area contributed by atoms with Crippen molar-refractivity contribution in [2.75, 3.05) is 0 Å². The molecule has 0 spiro atoms. The van der Waals surface area contributed by atoms with E-state index in [1.54, 1.807) is 6.92 Å². The van der Waals surface area contributed by atoms with Crippen LogP contribution in [0.2, 0.25) is 0 Å². The average Bonchev–Trinajstić information content (AvgIpc) is 2.36. The van der Waals surface area contributed by atoms with Crippen LogP contribution in [0.4, 0.5) is 0 Å². The van der Waals surface area contributed by atoms with E-state index in [0.29, 0.717) is 11.8 Å². The third kappa shape index (κ3) is 444. The van der Waals surface area contributed by atoms with Gasteiger partial charge in [-0.2, -0.15) is 0 Å². The Balaban J connectivity index is -0.0000000494. The van der Waals surface area contributed by atoms with Gasteiger partial charge in [-0.25, -0.2) is 0 Å². The molecule has 0 aromatic rings. The SMILES string of the molecule is C=CC(C)C.CC(C)C.CC(C)C.CC(C)C.CC(C)C.CC(C)C(C)O. The van der Waals surface area contributed by atoms with E-state index < -0.39 is 0 Å². The zero-order chi connectivity index (χ0) is 23.7. The Hall–Kier alpha value is -0.300. The van der Waals surface area contributed by atoms with E-state index in [1.807, 2.05) is 19.9 Å². The Labute approximate surface area is 177 Å². The highest BCUT2D eigenvalue weighted by Crippen LogP contribution is 1.96. The summed E-state index contributed by atoms with van der Waals surface area (Å²) < 4.78 is 0. The summed E-state index contributed by atoms with van der Waals surface area (Å²) >= 11 is 0. The summed E-state index contributed by atoms with van der Waals surface area (Å²) in [6.45, 7) is 39.5. The van der Waals surface area contributed by atoms with Crippen LogP contribution in [0.25, 0.3) is 0 Å². The van der Waals surface area contributed by atoms with Gasteiger partial charge < -0.3 is 5.11 Å². The van der Waals surface area contributed by atoms with Gasteiger partial charge in [0, 0.05) is 0 Å². The topological polar surface area (TPSA) is 20.2 Å². The summed E-state index contributed by atoms with van der Waals surface area (Å²) in [5, 5.41) is 8.63. The molecule has 0 aliphatic rings. The molecule has 0 radical (unpaired) electrons. The van der Waals surface area contributed by atoms with E-state index >= 15 is 0 Å². The van der Waals surface area contributed by atoms with Crippen LogP contribution >= 0.6 is 0 Å². The first-order valence-corrected chi connectivity index (χ1v) is 11.1. The van der Waals surface area contributed by atoms with E-state index in [-0.39, 0.29) is 6.10 Å². The van der Waals surface area contributed by atoms with Gasteiger partial charge in [-0.3, -0.25) is 0 Å². The summed E-state index contributed by atoms with van der Waals surface area (Å²) in [4.78, 5) is 0. The molecule has 1 unspecified atom stereocenters. The van der Waals surface area contributed by atoms with Gasteiger partial charge in [-0.05, 0) is 42.4 Å². The standard InChI is InChI=1S/C5H12O.C5H10.4C4H10/c1-4(2)5(3)6;1-4-5(2)3;4*1-4(2)3/h4-6H,1-3H3;4-5H,1H2,2-3H3;4*4H,1-3H3. The van der Waals surface area contributed by atoms with Crippen LogP contribution in [0.15, 0.2) is 12.7 Å². The van der Waals surface area contributed by atoms with Crippen LogP contribution in [0, 0.1) is 35.5 Å². The van der Waals surface area contributed by atoms with Gasteiger partial charge in [0.25, 0.3) is 0 Å². The van der Waals surface area contributed by atoms with Gasteiger partial charge in [0.05, 0.1) is 6.10 Å². The maximum absolute atomic E-state index is 8.63. The quantitative estimate of drug-likeness (QED) is 0.465. The van der Waals surface area contributed by atoms with Crippen molar-refractivity contribution >= 4 is 0 Å². The first kappa shape index (κ1) is 41.2. The molecule has 1 heteroatoms. The van der Waals surface area contributed by atoms with Crippen molar-refractivity contribution < 1.29 is 5.11 Å². The third-order valence-electron chi connectivity index (χ3n) is 1.44. The first-order valence-electron chi connectivity index (χ1n) is 11.1. The maximum atomic E-state index is 8.63. The fourth-order valence-corrected chi connectivity index (χ4v) is 0. The molecule has 0 saturated carbocycles. The Morgan fingerprint density at radius 2 is 0.556 bits per heavy atom. The summed E-state index contributed by atoms with van der Waals surface area (Å²) in [6.07, 6.45) is 1.77. The van der Waals surface area contributed by atoms with Crippen LogP contribution in [0.5, 0.6) is 0 Å². The molecule has 1 nitrogen and oxygen atoms in total. The van der Waals surface area contributed by atoms with E-state index in [9.17, 15) is 0 Å². The molecule has 1 N–H and O–H groups in total. The summed E-state index contributed by atoms with van der Waals surface area (Å²) in [7, 11) is 0. The van der Waals surface area contributed by atoms with Crippen molar-refractivity contribution in [1.82, 2.24) is 0 Å². The van der Waals surface area contributed by atoms with Gasteiger partial charge >= 0.3 is 0 Å². The van der Waals surface area contributed by atoms with Crippen molar-refractivity contribution in [1.29, 1.82) is 0 Å². The number of hydrogen-bond acceptors (Lipinski definition) is 1. The predicted molar refractivity (Wildman–Crippen MR) is 134 cm³/mol. The zero-order valence-corrected chi connectivity index (χ0v) is 22.8. The molecule has 0 saturated heterocycles. The number of hydrogen-bond donors (Lipinski definition) is 1. The molecule has 0 heterocycles. The van der Waals surface area contributed by atoms with Crippen molar-refractivity contribution in [3.8, 4) is 0 Å². The second-order valence-electron chi connectivity index (χ2n) is 10.4. The second-order valence-corrected chi connectivity index (χ2v) is 10.4. The Morgan fingerprint density at radius 3 is 0.556 bits per heavy atom. The molecule has 0 aromatic carbocycles. The lowest BCUT2D eigenvalue weighted by Gasteiger charge is -2.04. The zero-order valence-electron chi connectivity index (χ0n) is 22.8. The summed E-state index contributed by atoms with van der Waals surface area (Å²) in [6, 6.07) is 0. The van der Waals surface area contributed by atoms with E-state index in [2.05, 4.69) is 104 Å². The highest BCUT2D eigenvalue weighted by molar-refractivity contribution is 4.69. The molecule has 0 rings (SSSR count). The van der Waals surface area contributed by atoms with Crippen LogP contribution < -0.4 is 0 Å². The van der Waals surface area contributed by atoms with Crippen molar-refractivity contribution in [2.45, 2.75) is 124 Å². The fourth-order valence-electron chi connectivity index (χ4n) is 0. The van der Waals surface area contributed by atoms with Gasteiger partial charge in [0.2, 0.25) is 0 Å². The molecular weight excluding hydrogens is 328 g/mol. The van der Waals surface area contributed by atoms with E-state index in [1.165, 1.54) is 0 Å². The van der Waals surface area contributed by atoms with Gasteiger partial charge in [-0.15, -0.1) is 6.58 Å². The number of allylic oxidation sites excluding steroid dienone is 1. The molecular formula is C26H62O. The fraction of sp³-hybridized carbons (Fsp3) is 0.923. The highest BCUT2D eigenvalue weighted by Gasteiger charge is 1.97. The Morgan fingerprint density at radius 1 is 0.481 bits per heavy atom. The van der Waals surface area contributed by atoms with Crippen LogP contribution in [0.3, 0.4) is 0 Å². The smallest absolute Gasteiger partial charge is 0.0535 e. The van der Waals surface area contributed by atoms with Crippen molar-refractivity contribution in [3.05, 3.63) is 12.7 Å². The van der Waals surface area contributed by atoms with Gasteiger partial charge in [0.15, 0.2) is 0 Å². The molecule has 1 atom stereocenters. The summed E-state index contributed by atoms with van der Waals surface area (Å²) in [5.74, 6) is 4.39. The predicted octanol–water partition coefficient (Wildman–Crippen LogP) is 9.50. The molecule has 0 aliphatic heterocycles. The van der Waals surface area contributed by atoms with Crippen LogP contribution in [-0.2, 0) is 0 Å². The molecule has 0 amide bonds. The molecule has 0 aliphatic carbocycles. The Kier molecular flexibility index (Phi) is 50.8. The lowest BCUT2D eigenvalue weighted by molar-refractivity contribution is 0.144. The largest absolute Gasteiger partial charge is 0.393 e. The minimum Gasteiger partial charge on any atom is -0.393 e. The van der Waals surface area contributed by atoms with Crippen molar-refractivity contribution in [3.63, 3.8) is 0 Å². The highest BCUT2D eigenvalue weighted by atomic mass is 16.3. The molecule has 0 aromatic heterocycles. The number of aliphatic hydroxyl groups is 1. The van der Waals surface area contributed by atoms with Gasteiger partial charge in [0.1, 0.15) is 0 Å². The Bertz CT molecular complexity index is 169. The minimum atomic E-state index is -0.148. The average molecular weight is 391 g/mol. The molecule has 0 bridgehead atoms. The number of rotatable bonds is 2. The molecule has 172 valence electrons. The summed E-state index contributed by atoms with van der Waals surface area (Å²) in [5.41, 5.74) is 0. The third-order valence-corrected chi connectivity index (χ3v) is 1.44. The monoisotopic (exact) mass is 390 g/mol. The second kappa shape index (κ2) is 33.3. The van der Waals surface area contributed by atoms with Crippen LogP contribution in [0.1, 0.15) is 118 Å². The lowest BCUT2D eigenvalue weighted by atomic mass is 10.1.